The third kappa shape index (κ3) is 2.87. The molecular weight excluding hydrogens is 292 g/mol. The van der Waals surface area contributed by atoms with Crippen LogP contribution >= 0.6 is 0 Å². The summed E-state index contributed by atoms with van der Waals surface area (Å²) in [4.78, 5) is 21.0. The van der Waals surface area contributed by atoms with Crippen LogP contribution in [0.4, 0.5) is 5.82 Å². The molecule has 1 saturated heterocycles. The summed E-state index contributed by atoms with van der Waals surface area (Å²) in [6.07, 6.45) is 0.577. The van der Waals surface area contributed by atoms with E-state index in [2.05, 4.69) is 25.0 Å². The van der Waals surface area contributed by atoms with Crippen LogP contribution in [0.2, 0.25) is 0 Å². The molecule has 2 rings (SSSR count). The Kier molecular flexibility index (Phi) is 4.97. The van der Waals surface area contributed by atoms with Crippen LogP contribution in [0.5, 0.6) is 0 Å². The number of nitrogens with zero attached hydrogens (tertiary/aromatic N) is 8. The van der Waals surface area contributed by atoms with Crippen molar-refractivity contribution in [2.24, 2.45) is 16.1 Å². The van der Waals surface area contributed by atoms with E-state index in [0.717, 1.165) is 4.57 Å². The second-order valence-electron chi connectivity index (χ2n) is 4.68. The fourth-order valence-corrected chi connectivity index (χ4v) is 2.61. The number of aromatic nitrogens is 2. The van der Waals surface area contributed by atoms with Gasteiger partial charge in [-0.25, -0.2) is 4.79 Å². The topological polar surface area (TPSA) is 162 Å². The molecule has 2 heterocycles. The van der Waals surface area contributed by atoms with Crippen LogP contribution in [0.15, 0.2) is 27.3 Å². The molecule has 0 unspecified atom stereocenters. The predicted octanol–water partition coefficient (Wildman–Crippen LogP) is 1.78. The fraction of sp³-hybridized carbons (Fsp3) is 0.636. The minimum atomic E-state index is -0.863. The summed E-state index contributed by atoms with van der Waals surface area (Å²) in [5.74, 6) is -0.276. The summed E-state index contributed by atoms with van der Waals surface area (Å²) in [6, 6.07) is 0.710. The standard InChI is InChI=1S/C11H14N8O3/c1-2-6-7(5-20)22-10(9(6)16-18-13)19-4-3-8(15-17-12)14-11(19)21/h3-4,6-7,9-10,20H,2,5H2,1H3/t6-,7-,9-,10-/m1/s1. The first kappa shape index (κ1) is 15.8. The van der Waals surface area contributed by atoms with Crippen molar-refractivity contribution in [1.29, 1.82) is 0 Å². The monoisotopic (exact) mass is 306 g/mol. The second kappa shape index (κ2) is 6.92. The van der Waals surface area contributed by atoms with Crippen LogP contribution in [-0.4, -0.2) is 33.4 Å². The lowest BCUT2D eigenvalue weighted by atomic mass is 9.94. The minimum Gasteiger partial charge on any atom is -0.394 e. The lowest BCUT2D eigenvalue weighted by molar-refractivity contribution is -0.0347. The summed E-state index contributed by atoms with van der Waals surface area (Å²) in [5, 5.41) is 16.3. The van der Waals surface area contributed by atoms with E-state index in [1.54, 1.807) is 0 Å². The lowest BCUT2D eigenvalue weighted by Gasteiger charge is -2.18. The molecule has 1 fully saturated rings. The molecule has 1 aliphatic heterocycles. The first-order chi connectivity index (χ1) is 10.7. The highest BCUT2D eigenvalue weighted by Gasteiger charge is 2.44. The molecule has 0 aromatic carbocycles. The maximum absolute atomic E-state index is 12.0. The van der Waals surface area contributed by atoms with Gasteiger partial charge in [-0.1, -0.05) is 18.5 Å². The molecule has 1 aromatic rings. The molecule has 0 amide bonds. The summed E-state index contributed by atoms with van der Waals surface area (Å²) < 4.78 is 6.81. The molecule has 11 nitrogen and oxygen atoms in total. The van der Waals surface area contributed by atoms with Gasteiger partial charge in [0.1, 0.15) is 12.0 Å². The fourth-order valence-electron chi connectivity index (χ4n) is 2.61. The van der Waals surface area contributed by atoms with E-state index >= 15 is 0 Å². The Morgan fingerprint density at radius 1 is 1.50 bits per heavy atom. The van der Waals surface area contributed by atoms with E-state index < -0.39 is 24.1 Å². The van der Waals surface area contributed by atoms with E-state index in [4.69, 9.17) is 15.8 Å². The summed E-state index contributed by atoms with van der Waals surface area (Å²) in [6.45, 7) is 1.64. The number of azide groups is 2. The van der Waals surface area contributed by atoms with Crippen molar-refractivity contribution in [3.8, 4) is 0 Å². The normalized spacial score (nSPS) is 27.0. The maximum atomic E-state index is 12.0. The Hall–Kier alpha value is -2.58. The maximum Gasteiger partial charge on any atom is 0.350 e. The molecule has 0 radical (unpaired) electrons. The Morgan fingerprint density at radius 3 is 2.82 bits per heavy atom. The van der Waals surface area contributed by atoms with E-state index in [1.807, 2.05) is 6.92 Å². The van der Waals surface area contributed by atoms with Crippen LogP contribution in [0.3, 0.4) is 0 Å². The van der Waals surface area contributed by atoms with Crippen molar-refractivity contribution in [2.75, 3.05) is 6.61 Å². The van der Waals surface area contributed by atoms with E-state index in [9.17, 15) is 9.90 Å². The molecule has 11 heteroatoms. The molecule has 1 N–H and O–H groups in total. The van der Waals surface area contributed by atoms with Crippen molar-refractivity contribution in [3.05, 3.63) is 43.6 Å². The molecule has 22 heavy (non-hydrogen) atoms. The zero-order chi connectivity index (χ0) is 16.1. The van der Waals surface area contributed by atoms with Gasteiger partial charge in [-0.3, -0.25) is 4.57 Å². The van der Waals surface area contributed by atoms with Gasteiger partial charge >= 0.3 is 5.69 Å². The second-order valence-corrected chi connectivity index (χ2v) is 4.68. The largest absolute Gasteiger partial charge is 0.394 e. The van der Waals surface area contributed by atoms with Crippen LogP contribution in [-0.2, 0) is 4.74 Å². The number of aliphatic hydroxyl groups is 1. The van der Waals surface area contributed by atoms with Gasteiger partial charge in [-0.15, -0.1) is 0 Å². The molecule has 0 spiro atoms. The highest BCUT2D eigenvalue weighted by atomic mass is 16.5. The van der Waals surface area contributed by atoms with Crippen molar-refractivity contribution < 1.29 is 9.84 Å². The average Bonchev–Trinajstić information content (AvgIpc) is 2.86. The predicted molar refractivity (Wildman–Crippen MR) is 75.0 cm³/mol. The van der Waals surface area contributed by atoms with Crippen LogP contribution in [0.25, 0.3) is 20.9 Å². The number of rotatable bonds is 5. The van der Waals surface area contributed by atoms with Gasteiger partial charge in [-0.05, 0) is 28.2 Å². The molecule has 1 aliphatic rings. The van der Waals surface area contributed by atoms with Gasteiger partial charge in [0.05, 0.1) is 18.8 Å². The Morgan fingerprint density at radius 2 is 2.27 bits per heavy atom. The van der Waals surface area contributed by atoms with Crippen molar-refractivity contribution in [1.82, 2.24) is 9.55 Å². The Balaban J connectivity index is 2.43. The quantitative estimate of drug-likeness (QED) is 0.498. The third-order valence-corrected chi connectivity index (χ3v) is 3.60. The minimum absolute atomic E-state index is 0.0622. The lowest BCUT2D eigenvalue weighted by Crippen LogP contribution is -2.32. The van der Waals surface area contributed by atoms with Gasteiger partial charge in [0, 0.05) is 16.0 Å². The van der Waals surface area contributed by atoms with Crippen molar-refractivity contribution in [2.45, 2.75) is 31.7 Å². The number of aliphatic hydroxyl groups excluding tert-OH is 1. The van der Waals surface area contributed by atoms with Crippen molar-refractivity contribution in [3.63, 3.8) is 0 Å². The molecular formula is C11H14N8O3. The van der Waals surface area contributed by atoms with Gasteiger partial charge in [0.15, 0.2) is 0 Å². The number of hydrogen-bond acceptors (Lipinski definition) is 6. The Bertz CT molecular complexity index is 691. The van der Waals surface area contributed by atoms with Crippen LogP contribution in [0.1, 0.15) is 19.6 Å². The van der Waals surface area contributed by atoms with Gasteiger partial charge in [-0.2, -0.15) is 4.98 Å². The van der Waals surface area contributed by atoms with E-state index in [-0.39, 0.29) is 18.3 Å². The van der Waals surface area contributed by atoms with E-state index in [0.29, 0.717) is 6.42 Å². The zero-order valence-corrected chi connectivity index (χ0v) is 11.7. The van der Waals surface area contributed by atoms with Gasteiger partial charge in [0.2, 0.25) is 0 Å². The van der Waals surface area contributed by atoms with Crippen molar-refractivity contribution >= 4 is 5.82 Å². The average molecular weight is 306 g/mol. The molecule has 4 atom stereocenters. The zero-order valence-electron chi connectivity index (χ0n) is 11.7. The number of ether oxygens (including phenoxy) is 1. The third-order valence-electron chi connectivity index (χ3n) is 3.60. The molecule has 0 bridgehead atoms. The summed E-state index contributed by atoms with van der Waals surface area (Å²) in [7, 11) is 0. The van der Waals surface area contributed by atoms with Crippen LogP contribution < -0.4 is 5.69 Å². The number of hydrogen-bond donors (Lipinski definition) is 1. The summed E-state index contributed by atoms with van der Waals surface area (Å²) in [5.41, 5.74) is 16.4. The smallest absolute Gasteiger partial charge is 0.350 e. The van der Waals surface area contributed by atoms with Gasteiger partial charge < -0.3 is 9.84 Å². The van der Waals surface area contributed by atoms with Crippen LogP contribution in [0, 0.1) is 5.92 Å². The first-order valence-electron chi connectivity index (χ1n) is 6.61. The molecule has 116 valence electrons. The highest BCUT2D eigenvalue weighted by Crippen LogP contribution is 2.37. The molecule has 0 saturated carbocycles. The first-order valence-corrected chi connectivity index (χ1v) is 6.61. The molecule has 1 aromatic heterocycles. The SMILES string of the molecule is CC[C@H]1[C@@H](N=[N+]=[N-])[C@H](n2ccc(N=[N+]=[N-])nc2=O)O[C@@H]1CO. The van der Waals surface area contributed by atoms with E-state index in [1.165, 1.54) is 12.3 Å². The highest BCUT2D eigenvalue weighted by molar-refractivity contribution is 5.23. The molecule has 0 aliphatic carbocycles. The summed E-state index contributed by atoms with van der Waals surface area (Å²) >= 11 is 0. The Labute approximate surface area is 124 Å². The van der Waals surface area contributed by atoms with Gasteiger partial charge in [0.25, 0.3) is 0 Å².